The standard InChI is InChI=1S/C12H19N3O2S/c1-8(7-15-5-3-4-6-15)13-11-10(12(16)17)9(2)14-18-11/h8,13H,3-7H2,1-2H3,(H,16,17). The molecule has 1 aliphatic heterocycles. The summed E-state index contributed by atoms with van der Waals surface area (Å²) in [5, 5.41) is 13.1. The molecule has 5 nitrogen and oxygen atoms in total. The Morgan fingerprint density at radius 1 is 1.56 bits per heavy atom. The van der Waals surface area contributed by atoms with Gasteiger partial charge in [-0.1, -0.05) is 0 Å². The number of nitrogens with zero attached hydrogens (tertiary/aromatic N) is 2. The Bertz CT molecular complexity index is 427. The molecule has 0 amide bonds. The van der Waals surface area contributed by atoms with Gasteiger partial charge in [-0.3, -0.25) is 0 Å². The number of anilines is 1. The van der Waals surface area contributed by atoms with E-state index in [1.54, 1.807) is 6.92 Å². The fourth-order valence-corrected chi connectivity index (χ4v) is 3.24. The molecule has 2 rings (SSSR count). The van der Waals surface area contributed by atoms with E-state index >= 15 is 0 Å². The first-order chi connectivity index (χ1) is 8.58. The summed E-state index contributed by atoms with van der Waals surface area (Å²) in [7, 11) is 0. The van der Waals surface area contributed by atoms with Crippen LogP contribution in [-0.4, -0.2) is 46.0 Å². The number of carboxylic acid groups (broad SMARTS) is 1. The highest BCUT2D eigenvalue weighted by molar-refractivity contribution is 7.10. The van der Waals surface area contributed by atoms with Crippen molar-refractivity contribution >= 4 is 22.5 Å². The molecule has 0 spiro atoms. The van der Waals surface area contributed by atoms with Crippen LogP contribution in [0.3, 0.4) is 0 Å². The van der Waals surface area contributed by atoms with Crippen LogP contribution in [0.1, 0.15) is 35.8 Å². The highest BCUT2D eigenvalue weighted by atomic mass is 32.1. The number of carbonyl (C=O) groups is 1. The molecule has 6 heteroatoms. The number of aromatic nitrogens is 1. The maximum atomic E-state index is 11.1. The number of hydrogen-bond acceptors (Lipinski definition) is 5. The van der Waals surface area contributed by atoms with Crippen LogP contribution in [0.15, 0.2) is 0 Å². The van der Waals surface area contributed by atoms with Gasteiger partial charge in [-0.15, -0.1) is 0 Å². The Labute approximate surface area is 111 Å². The number of carboxylic acids is 1. The molecule has 1 unspecified atom stereocenters. The van der Waals surface area contributed by atoms with Gasteiger partial charge < -0.3 is 15.3 Å². The topological polar surface area (TPSA) is 65.5 Å². The second-order valence-corrected chi connectivity index (χ2v) is 5.60. The third kappa shape index (κ3) is 3.00. The predicted molar refractivity (Wildman–Crippen MR) is 72.6 cm³/mol. The minimum Gasteiger partial charge on any atom is -0.478 e. The Morgan fingerprint density at radius 2 is 2.22 bits per heavy atom. The molecular weight excluding hydrogens is 250 g/mol. The lowest BCUT2D eigenvalue weighted by molar-refractivity contribution is 0.0697. The van der Waals surface area contributed by atoms with E-state index in [-0.39, 0.29) is 6.04 Å². The molecule has 0 bridgehead atoms. The van der Waals surface area contributed by atoms with E-state index in [2.05, 4.69) is 21.5 Å². The Morgan fingerprint density at radius 3 is 2.83 bits per heavy atom. The van der Waals surface area contributed by atoms with Crippen molar-refractivity contribution in [2.45, 2.75) is 32.7 Å². The SMILES string of the molecule is Cc1nsc(NC(C)CN2CCCC2)c1C(=O)O. The minimum atomic E-state index is -0.905. The van der Waals surface area contributed by atoms with Gasteiger partial charge in [0.25, 0.3) is 0 Å². The number of likely N-dealkylation sites (tertiary alicyclic amines) is 1. The molecule has 1 aromatic heterocycles. The van der Waals surface area contributed by atoms with Gasteiger partial charge in [0.15, 0.2) is 0 Å². The molecule has 2 N–H and O–H groups in total. The number of aromatic carboxylic acids is 1. The van der Waals surface area contributed by atoms with Crippen molar-refractivity contribution in [3.8, 4) is 0 Å². The molecule has 1 saturated heterocycles. The van der Waals surface area contributed by atoms with Crippen LogP contribution < -0.4 is 5.32 Å². The van der Waals surface area contributed by atoms with Gasteiger partial charge in [-0.2, -0.15) is 4.37 Å². The molecule has 18 heavy (non-hydrogen) atoms. The second kappa shape index (κ2) is 5.67. The smallest absolute Gasteiger partial charge is 0.340 e. The van der Waals surface area contributed by atoms with E-state index in [1.807, 2.05) is 0 Å². The quantitative estimate of drug-likeness (QED) is 0.856. The minimum absolute atomic E-state index is 0.237. The summed E-state index contributed by atoms with van der Waals surface area (Å²) in [6.07, 6.45) is 2.54. The zero-order valence-corrected chi connectivity index (χ0v) is 11.6. The summed E-state index contributed by atoms with van der Waals surface area (Å²) in [4.78, 5) is 13.6. The van der Waals surface area contributed by atoms with Crippen molar-refractivity contribution in [1.29, 1.82) is 0 Å². The van der Waals surface area contributed by atoms with E-state index in [9.17, 15) is 4.79 Å². The van der Waals surface area contributed by atoms with Gasteiger partial charge in [0, 0.05) is 12.6 Å². The van der Waals surface area contributed by atoms with E-state index in [1.165, 1.54) is 24.4 Å². The summed E-state index contributed by atoms with van der Waals surface area (Å²) in [5.41, 5.74) is 0.900. The first-order valence-electron chi connectivity index (χ1n) is 6.26. The van der Waals surface area contributed by atoms with Crippen LogP contribution >= 0.6 is 11.5 Å². The van der Waals surface area contributed by atoms with Crippen LogP contribution in [0.5, 0.6) is 0 Å². The molecule has 0 saturated carbocycles. The highest BCUT2D eigenvalue weighted by Crippen LogP contribution is 2.25. The molecule has 100 valence electrons. The summed E-state index contributed by atoms with van der Waals surface area (Å²) in [5.74, 6) is -0.905. The van der Waals surface area contributed by atoms with Crippen LogP contribution in [0.2, 0.25) is 0 Å². The van der Waals surface area contributed by atoms with Gasteiger partial charge >= 0.3 is 5.97 Å². The molecule has 1 fully saturated rings. The summed E-state index contributed by atoms with van der Waals surface area (Å²) < 4.78 is 4.11. The summed E-state index contributed by atoms with van der Waals surface area (Å²) in [6.45, 7) is 7.07. The molecule has 0 aromatic carbocycles. The zero-order valence-electron chi connectivity index (χ0n) is 10.8. The van der Waals surface area contributed by atoms with Crippen molar-refractivity contribution in [3.05, 3.63) is 11.3 Å². The van der Waals surface area contributed by atoms with Crippen molar-refractivity contribution in [2.75, 3.05) is 25.0 Å². The normalized spacial score (nSPS) is 17.9. The maximum Gasteiger partial charge on any atom is 0.340 e. The first-order valence-corrected chi connectivity index (χ1v) is 7.03. The average Bonchev–Trinajstić information content (AvgIpc) is 2.88. The molecular formula is C12H19N3O2S. The van der Waals surface area contributed by atoms with Gasteiger partial charge in [-0.25, -0.2) is 4.79 Å². The lowest BCUT2D eigenvalue weighted by atomic mass is 10.2. The maximum absolute atomic E-state index is 11.1. The first kappa shape index (κ1) is 13.3. The summed E-state index contributed by atoms with van der Waals surface area (Å²) >= 11 is 1.23. The van der Waals surface area contributed by atoms with Crippen LogP contribution in [-0.2, 0) is 0 Å². The van der Waals surface area contributed by atoms with Crippen molar-refractivity contribution in [2.24, 2.45) is 0 Å². The van der Waals surface area contributed by atoms with Gasteiger partial charge in [-0.05, 0) is 51.3 Å². The molecule has 1 atom stereocenters. The molecule has 1 aromatic rings. The Kier molecular flexibility index (Phi) is 4.19. The van der Waals surface area contributed by atoms with Gasteiger partial charge in [0.1, 0.15) is 10.6 Å². The van der Waals surface area contributed by atoms with E-state index < -0.39 is 5.97 Å². The van der Waals surface area contributed by atoms with Crippen LogP contribution in [0.4, 0.5) is 5.00 Å². The molecule has 2 heterocycles. The van der Waals surface area contributed by atoms with Crippen molar-refractivity contribution < 1.29 is 9.90 Å². The lowest BCUT2D eigenvalue weighted by Gasteiger charge is -2.21. The Balaban J connectivity index is 1.97. The monoisotopic (exact) mass is 269 g/mol. The third-order valence-electron chi connectivity index (χ3n) is 3.18. The predicted octanol–water partition coefficient (Wildman–Crippen LogP) is 2.05. The second-order valence-electron chi connectivity index (χ2n) is 4.83. The van der Waals surface area contributed by atoms with Crippen molar-refractivity contribution in [1.82, 2.24) is 9.27 Å². The lowest BCUT2D eigenvalue weighted by Crippen LogP contribution is -2.33. The fraction of sp³-hybridized carbons (Fsp3) is 0.667. The molecule has 0 radical (unpaired) electrons. The number of hydrogen-bond donors (Lipinski definition) is 2. The molecule has 1 aliphatic rings. The number of aryl methyl sites for hydroxylation is 1. The van der Waals surface area contributed by atoms with Gasteiger partial charge in [0.05, 0.1) is 5.69 Å². The largest absolute Gasteiger partial charge is 0.478 e. The Hall–Kier alpha value is -1.14. The van der Waals surface area contributed by atoms with Gasteiger partial charge in [0.2, 0.25) is 0 Å². The number of rotatable bonds is 5. The third-order valence-corrected chi connectivity index (χ3v) is 4.05. The van der Waals surface area contributed by atoms with Crippen molar-refractivity contribution in [3.63, 3.8) is 0 Å². The highest BCUT2D eigenvalue weighted by Gasteiger charge is 2.20. The number of nitrogens with one attached hydrogen (secondary N) is 1. The molecule has 0 aliphatic carbocycles. The van der Waals surface area contributed by atoms with E-state index in [4.69, 9.17) is 5.11 Å². The van der Waals surface area contributed by atoms with E-state index in [0.29, 0.717) is 16.3 Å². The summed E-state index contributed by atoms with van der Waals surface area (Å²) in [6, 6.07) is 0.237. The van der Waals surface area contributed by atoms with Crippen LogP contribution in [0, 0.1) is 6.92 Å². The average molecular weight is 269 g/mol. The zero-order chi connectivity index (χ0) is 13.1. The fourth-order valence-electron chi connectivity index (χ4n) is 2.34. The van der Waals surface area contributed by atoms with Crippen LogP contribution in [0.25, 0.3) is 0 Å². The van der Waals surface area contributed by atoms with E-state index in [0.717, 1.165) is 19.6 Å².